The molecule has 0 aromatic heterocycles. The van der Waals surface area contributed by atoms with Crippen molar-refractivity contribution >= 4 is 28.7 Å². The second kappa shape index (κ2) is 17.3. The third-order valence-electron chi connectivity index (χ3n) is 10.2. The van der Waals surface area contributed by atoms with Crippen molar-refractivity contribution in [2.45, 2.75) is 171 Å². The second-order valence-corrected chi connectivity index (χ2v) is 27.9. The van der Waals surface area contributed by atoms with E-state index in [1.165, 1.54) is 39.0 Å². The molecule has 1 unspecified atom stereocenters. The molecule has 0 aliphatic heterocycles. The third kappa shape index (κ3) is 11.4. The van der Waals surface area contributed by atoms with Crippen LogP contribution in [-0.4, -0.2) is 94.6 Å². The molecule has 1 N–H and O–H groups in total. The Hall–Kier alpha value is -3.20. The van der Waals surface area contributed by atoms with Crippen LogP contribution in [0.15, 0.2) is 18.2 Å². The fourth-order valence-corrected chi connectivity index (χ4v) is 6.35. The first-order valence-electron chi connectivity index (χ1n) is 18.3. The zero-order valence-corrected chi connectivity index (χ0v) is 37.8. The summed E-state index contributed by atoms with van der Waals surface area (Å²) in [6.07, 6.45) is -12.9. The molecule has 62 heavy (non-hydrogen) atoms. The van der Waals surface area contributed by atoms with Crippen LogP contribution < -0.4 is 14.2 Å². The van der Waals surface area contributed by atoms with Gasteiger partial charge in [-0.05, 0) is 74.7 Å². The highest BCUT2D eigenvalue weighted by Gasteiger charge is 2.95. The maximum absolute atomic E-state index is 14.6. The van der Waals surface area contributed by atoms with Gasteiger partial charge in [0.05, 0.1) is 13.0 Å². The van der Waals surface area contributed by atoms with E-state index in [0.717, 1.165) is 0 Å². The normalized spacial score (nSPS) is 15.5. The number of carbonyl (C=O) groups is 2. The maximum atomic E-state index is 14.6. The van der Waals surface area contributed by atoms with Crippen LogP contribution in [0.3, 0.4) is 0 Å². The predicted molar refractivity (Wildman–Crippen MR) is 195 cm³/mol. The number of amides is 1. The van der Waals surface area contributed by atoms with Gasteiger partial charge >= 0.3 is 59.7 Å². The molecule has 0 radical (unpaired) electrons. The van der Waals surface area contributed by atoms with Crippen molar-refractivity contribution < 1.29 is 103 Å². The van der Waals surface area contributed by atoms with E-state index in [2.05, 4.69) is 4.74 Å². The van der Waals surface area contributed by atoms with Crippen LogP contribution in [0.5, 0.6) is 11.5 Å². The van der Waals surface area contributed by atoms with E-state index in [4.69, 9.17) is 13.6 Å². The van der Waals surface area contributed by atoms with Gasteiger partial charge in [0.2, 0.25) is 0 Å². The Morgan fingerprint density at radius 2 is 0.968 bits per heavy atom. The second-order valence-electron chi connectivity index (χ2n) is 18.5. The van der Waals surface area contributed by atoms with E-state index in [-0.39, 0.29) is 22.1 Å². The van der Waals surface area contributed by atoms with Gasteiger partial charge in [0, 0.05) is 6.42 Å². The number of hydrogen-bond donors (Lipinski definition) is 1. The number of ether oxygens (including phenoxy) is 2. The molecule has 0 bridgehead atoms. The average molecular weight is 972 g/mol. The van der Waals surface area contributed by atoms with Crippen molar-refractivity contribution in [1.82, 2.24) is 5.32 Å². The lowest BCUT2D eigenvalue weighted by molar-refractivity contribution is -0.461. The van der Waals surface area contributed by atoms with Gasteiger partial charge < -0.3 is 23.6 Å². The number of halogens is 17. The zero-order valence-electron chi connectivity index (χ0n) is 35.8. The van der Waals surface area contributed by atoms with Crippen LogP contribution in [0.2, 0.25) is 36.3 Å². The first kappa shape index (κ1) is 56.8. The zero-order chi connectivity index (χ0) is 49.7. The standard InChI is InChI=1S/C36H50F17NO6Si2/c1-26(2,3)58-25(56)54-21(18-20-14-15-22(59-61(10,11)27(4,5)6)23(19-20)60-62(12,13)28(7,8)9)24(55)57-17-16-29(37,38)30(39,40)31(41,42)32(43,44)33(45,46)34(47,48)35(49,50)36(51,52)53/h14-15,19,21H,16-18H2,1-13H3,(H,54,56). The van der Waals surface area contributed by atoms with Gasteiger partial charge in [-0.15, -0.1) is 0 Å². The van der Waals surface area contributed by atoms with Gasteiger partial charge in [0.25, 0.3) is 16.6 Å². The molecule has 0 spiro atoms. The summed E-state index contributed by atoms with van der Waals surface area (Å²) in [6, 6.07) is 2.18. The van der Waals surface area contributed by atoms with E-state index >= 15 is 0 Å². The summed E-state index contributed by atoms with van der Waals surface area (Å²) in [6.45, 7) is 21.1. The van der Waals surface area contributed by atoms with Crippen molar-refractivity contribution in [3.63, 3.8) is 0 Å². The van der Waals surface area contributed by atoms with Gasteiger partial charge in [-0.3, -0.25) is 0 Å². The van der Waals surface area contributed by atoms with Crippen molar-refractivity contribution in [3.05, 3.63) is 23.8 Å². The molecule has 7 nitrogen and oxygen atoms in total. The number of hydrogen-bond acceptors (Lipinski definition) is 6. The lowest BCUT2D eigenvalue weighted by Crippen LogP contribution is -2.74. The van der Waals surface area contributed by atoms with Crippen LogP contribution in [0.25, 0.3) is 0 Å². The number of alkyl carbamates (subject to hydrolysis) is 1. The largest absolute Gasteiger partial charge is 0.541 e. The van der Waals surface area contributed by atoms with Crippen LogP contribution in [-0.2, 0) is 20.7 Å². The number of alkyl halides is 17. The molecule has 0 aliphatic rings. The predicted octanol–water partition coefficient (Wildman–Crippen LogP) is 12.8. The van der Waals surface area contributed by atoms with E-state index < -0.39 is 112 Å². The quantitative estimate of drug-likeness (QED) is 0.0951. The molecular formula is C36H50F17NO6Si2. The Bertz CT molecular complexity index is 1750. The molecule has 26 heteroatoms. The highest BCUT2D eigenvalue weighted by atomic mass is 28.4. The number of rotatable bonds is 17. The van der Waals surface area contributed by atoms with Gasteiger partial charge in [0.15, 0.2) is 0 Å². The molecule has 0 aliphatic carbocycles. The number of esters is 1. The molecule has 362 valence electrons. The lowest BCUT2D eigenvalue weighted by Gasteiger charge is -2.42. The molecule has 1 rings (SSSR count). The molecule has 1 amide bonds. The number of nitrogens with one attached hydrogen (secondary N) is 1. The summed E-state index contributed by atoms with van der Waals surface area (Å²) >= 11 is 0. The Morgan fingerprint density at radius 3 is 1.35 bits per heavy atom. The van der Waals surface area contributed by atoms with Crippen LogP contribution in [0, 0.1) is 0 Å². The number of benzene rings is 1. The Balaban J connectivity index is 3.65. The Morgan fingerprint density at radius 1 is 0.581 bits per heavy atom. The summed E-state index contributed by atoms with van der Waals surface area (Å²) in [5.74, 6) is -59.1. The summed E-state index contributed by atoms with van der Waals surface area (Å²) in [4.78, 5) is 25.9. The van der Waals surface area contributed by atoms with Gasteiger partial charge in [-0.1, -0.05) is 47.6 Å². The smallest absolute Gasteiger partial charge is 0.460 e. The summed E-state index contributed by atoms with van der Waals surface area (Å²) in [5, 5.41) is 1.30. The monoisotopic (exact) mass is 971 g/mol. The van der Waals surface area contributed by atoms with Crippen molar-refractivity contribution in [3.8, 4) is 11.5 Å². The Kier molecular flexibility index (Phi) is 15.9. The first-order chi connectivity index (χ1) is 26.9. The molecule has 1 atom stereocenters. The van der Waals surface area contributed by atoms with Crippen LogP contribution in [0.4, 0.5) is 79.4 Å². The SMILES string of the molecule is CC(C)(C)OC(=O)NC(Cc1ccc(O[Si](C)(C)C(C)(C)C)c(O[Si](C)(C)C(C)(C)C)c1)C(=O)OCCC(F)(F)C(F)(F)C(F)(F)C(F)(F)C(F)(F)C(F)(F)C(F)(F)C(F)(F)F. The minimum absolute atomic E-state index is 0.117. The fraction of sp³-hybridized carbons (Fsp3) is 0.778. The van der Waals surface area contributed by atoms with Gasteiger partial charge in [-0.25, -0.2) is 9.59 Å². The summed E-state index contributed by atoms with van der Waals surface area (Å²) in [7, 11) is -5.25. The molecule has 0 saturated carbocycles. The molecule has 0 saturated heterocycles. The van der Waals surface area contributed by atoms with Crippen molar-refractivity contribution in [2.24, 2.45) is 0 Å². The van der Waals surface area contributed by atoms with Gasteiger partial charge in [-0.2, -0.15) is 74.6 Å². The fourth-order valence-electron chi connectivity index (χ4n) is 4.31. The topological polar surface area (TPSA) is 83.1 Å². The minimum Gasteiger partial charge on any atom is -0.541 e. The van der Waals surface area contributed by atoms with Crippen molar-refractivity contribution in [2.75, 3.05) is 6.61 Å². The van der Waals surface area contributed by atoms with Crippen LogP contribution in [0.1, 0.15) is 74.3 Å². The minimum atomic E-state index is -8.78. The number of carbonyl (C=O) groups excluding carboxylic acids is 2. The molecule has 1 aromatic carbocycles. The van der Waals surface area contributed by atoms with E-state index in [1.54, 1.807) is 0 Å². The van der Waals surface area contributed by atoms with Crippen molar-refractivity contribution in [1.29, 1.82) is 0 Å². The summed E-state index contributed by atoms with van der Waals surface area (Å²) in [5.41, 5.74) is -1.14. The van der Waals surface area contributed by atoms with Crippen LogP contribution >= 0.6 is 0 Å². The highest BCUT2D eigenvalue weighted by molar-refractivity contribution is 6.75. The summed E-state index contributed by atoms with van der Waals surface area (Å²) < 4.78 is 256. The average Bonchev–Trinajstić information content (AvgIpc) is 3.02. The van der Waals surface area contributed by atoms with E-state index in [0.29, 0.717) is 0 Å². The van der Waals surface area contributed by atoms with Gasteiger partial charge in [0.1, 0.15) is 23.1 Å². The molecule has 0 heterocycles. The molecule has 1 aromatic rings. The third-order valence-corrected chi connectivity index (χ3v) is 18.9. The molecule has 0 fully saturated rings. The van der Waals surface area contributed by atoms with E-state index in [1.807, 2.05) is 73.0 Å². The Labute approximate surface area is 349 Å². The first-order valence-corrected chi connectivity index (χ1v) is 24.1. The maximum Gasteiger partial charge on any atom is 0.460 e. The highest BCUT2D eigenvalue weighted by Crippen LogP contribution is 2.64. The van der Waals surface area contributed by atoms with E-state index in [9.17, 15) is 84.2 Å². The lowest BCUT2D eigenvalue weighted by atomic mass is 9.88. The molecular weight excluding hydrogens is 922 g/mol.